The smallest absolute Gasteiger partial charge is 0.0941 e. The average molecular weight is 180 g/mol. The van der Waals surface area contributed by atoms with Crippen LogP contribution in [0.4, 0.5) is 0 Å². The minimum atomic E-state index is -0.607. The van der Waals surface area contributed by atoms with Crippen molar-refractivity contribution in [1.82, 2.24) is 0 Å². The van der Waals surface area contributed by atoms with Crippen LogP contribution in [0.2, 0.25) is 0 Å². The molecule has 1 aromatic rings. The van der Waals surface area contributed by atoms with Crippen LogP contribution in [0.5, 0.6) is 0 Å². The van der Waals surface area contributed by atoms with E-state index in [0.717, 1.165) is 5.56 Å². The van der Waals surface area contributed by atoms with Crippen molar-refractivity contribution in [2.24, 2.45) is 11.5 Å². The largest absolute Gasteiger partial charge is 0.387 e. The molecule has 0 aliphatic carbocycles. The predicted molar refractivity (Wildman–Crippen MR) is 53.0 cm³/mol. The van der Waals surface area contributed by atoms with E-state index in [9.17, 15) is 5.11 Å². The van der Waals surface area contributed by atoms with E-state index in [1.54, 1.807) is 0 Å². The van der Waals surface area contributed by atoms with E-state index < -0.39 is 6.10 Å². The molecule has 3 nitrogen and oxygen atoms in total. The average Bonchev–Trinajstić information content (AvgIpc) is 2.18. The highest BCUT2D eigenvalue weighted by Crippen LogP contribution is 2.16. The Balaban J connectivity index is 2.62. The molecule has 0 heterocycles. The third kappa shape index (κ3) is 2.81. The van der Waals surface area contributed by atoms with Gasteiger partial charge in [-0.1, -0.05) is 30.3 Å². The van der Waals surface area contributed by atoms with Gasteiger partial charge in [-0.05, 0) is 18.5 Å². The Hall–Kier alpha value is -0.900. The van der Waals surface area contributed by atoms with Crippen LogP contribution in [0.15, 0.2) is 30.3 Å². The van der Waals surface area contributed by atoms with Crippen LogP contribution in [0.3, 0.4) is 0 Å². The summed E-state index contributed by atoms with van der Waals surface area (Å²) >= 11 is 0. The number of benzene rings is 1. The Morgan fingerprint density at radius 1 is 1.23 bits per heavy atom. The maximum Gasteiger partial charge on any atom is 0.0941 e. The van der Waals surface area contributed by atoms with Crippen LogP contribution in [0, 0.1) is 0 Å². The van der Waals surface area contributed by atoms with Gasteiger partial charge in [0.15, 0.2) is 0 Å². The number of hydrogen-bond donors (Lipinski definition) is 3. The van der Waals surface area contributed by atoms with Crippen molar-refractivity contribution in [1.29, 1.82) is 0 Å². The molecule has 0 aromatic heterocycles. The number of rotatable bonds is 4. The second kappa shape index (κ2) is 4.97. The Kier molecular flexibility index (Phi) is 3.89. The molecule has 0 amide bonds. The van der Waals surface area contributed by atoms with Crippen LogP contribution in [0.25, 0.3) is 0 Å². The number of aliphatic hydroxyl groups excluding tert-OH is 1. The lowest BCUT2D eigenvalue weighted by Gasteiger charge is -2.18. The first-order chi connectivity index (χ1) is 6.25. The molecule has 1 rings (SSSR count). The number of aliphatic hydroxyl groups is 1. The maximum atomic E-state index is 9.74. The van der Waals surface area contributed by atoms with Crippen molar-refractivity contribution >= 4 is 0 Å². The van der Waals surface area contributed by atoms with Gasteiger partial charge in [0.25, 0.3) is 0 Å². The van der Waals surface area contributed by atoms with E-state index in [-0.39, 0.29) is 6.04 Å². The van der Waals surface area contributed by atoms with Gasteiger partial charge in [0.05, 0.1) is 6.10 Å². The predicted octanol–water partition coefficient (Wildman–Crippen LogP) is 0.396. The van der Waals surface area contributed by atoms with E-state index in [1.165, 1.54) is 0 Å². The second-order valence-corrected chi connectivity index (χ2v) is 3.10. The van der Waals surface area contributed by atoms with Crippen LogP contribution >= 0.6 is 0 Å². The van der Waals surface area contributed by atoms with E-state index in [1.807, 2.05) is 30.3 Å². The van der Waals surface area contributed by atoms with Crippen LogP contribution in [0.1, 0.15) is 18.1 Å². The first kappa shape index (κ1) is 10.2. The topological polar surface area (TPSA) is 72.3 Å². The number of nitrogens with two attached hydrogens (primary N) is 2. The molecule has 0 aliphatic rings. The standard InChI is InChI=1S/C10H16N2O/c11-7-6-9(12)10(13)8-4-2-1-3-5-8/h1-5,9-10,13H,6-7,11-12H2. The fourth-order valence-corrected chi connectivity index (χ4v) is 1.25. The van der Waals surface area contributed by atoms with E-state index in [2.05, 4.69) is 0 Å². The molecule has 13 heavy (non-hydrogen) atoms. The minimum Gasteiger partial charge on any atom is -0.387 e. The molecule has 2 atom stereocenters. The summed E-state index contributed by atoms with van der Waals surface area (Å²) in [4.78, 5) is 0. The molecule has 0 fully saturated rings. The number of hydrogen-bond acceptors (Lipinski definition) is 3. The van der Waals surface area contributed by atoms with Crippen LogP contribution < -0.4 is 11.5 Å². The zero-order valence-corrected chi connectivity index (χ0v) is 7.56. The Bertz CT molecular complexity index is 238. The van der Waals surface area contributed by atoms with Crippen molar-refractivity contribution in [2.45, 2.75) is 18.6 Å². The normalized spacial score (nSPS) is 15.3. The second-order valence-electron chi connectivity index (χ2n) is 3.10. The first-order valence-electron chi connectivity index (χ1n) is 4.44. The van der Waals surface area contributed by atoms with Crippen molar-refractivity contribution in [3.63, 3.8) is 0 Å². The van der Waals surface area contributed by atoms with Gasteiger partial charge in [-0.2, -0.15) is 0 Å². The molecule has 3 heteroatoms. The van der Waals surface area contributed by atoms with Gasteiger partial charge in [0.2, 0.25) is 0 Å². The highest BCUT2D eigenvalue weighted by molar-refractivity contribution is 5.18. The van der Waals surface area contributed by atoms with Gasteiger partial charge < -0.3 is 16.6 Å². The third-order valence-corrected chi connectivity index (χ3v) is 2.05. The zero-order valence-electron chi connectivity index (χ0n) is 7.56. The van der Waals surface area contributed by atoms with Crippen molar-refractivity contribution in [2.75, 3.05) is 6.54 Å². The summed E-state index contributed by atoms with van der Waals surface area (Å²) in [5.41, 5.74) is 11.9. The lowest BCUT2D eigenvalue weighted by molar-refractivity contribution is 0.143. The summed E-state index contributed by atoms with van der Waals surface area (Å²) in [5, 5.41) is 9.74. The van der Waals surface area contributed by atoms with Crippen molar-refractivity contribution in [3.8, 4) is 0 Å². The molecule has 0 radical (unpaired) electrons. The lowest BCUT2D eigenvalue weighted by Crippen LogP contribution is -2.30. The van der Waals surface area contributed by atoms with Crippen molar-refractivity contribution in [3.05, 3.63) is 35.9 Å². The van der Waals surface area contributed by atoms with Gasteiger partial charge in [-0.3, -0.25) is 0 Å². The van der Waals surface area contributed by atoms with Crippen LogP contribution in [-0.4, -0.2) is 17.7 Å². The van der Waals surface area contributed by atoms with Crippen molar-refractivity contribution < 1.29 is 5.11 Å². The Labute approximate surface area is 78.4 Å². The molecule has 0 saturated heterocycles. The molecular weight excluding hydrogens is 164 g/mol. The van der Waals surface area contributed by atoms with E-state index in [0.29, 0.717) is 13.0 Å². The SMILES string of the molecule is NCCC(N)C(O)c1ccccc1. The molecular formula is C10H16N2O. The Morgan fingerprint density at radius 3 is 2.38 bits per heavy atom. The monoisotopic (exact) mass is 180 g/mol. The third-order valence-electron chi connectivity index (χ3n) is 2.05. The van der Waals surface area contributed by atoms with Crippen LogP contribution in [-0.2, 0) is 0 Å². The quantitative estimate of drug-likeness (QED) is 0.628. The molecule has 2 unspecified atom stereocenters. The summed E-state index contributed by atoms with van der Waals surface area (Å²) in [7, 11) is 0. The lowest BCUT2D eigenvalue weighted by atomic mass is 10.0. The molecule has 1 aromatic carbocycles. The van der Waals surface area contributed by atoms with E-state index >= 15 is 0 Å². The fourth-order valence-electron chi connectivity index (χ4n) is 1.25. The summed E-state index contributed by atoms with van der Waals surface area (Å²) < 4.78 is 0. The molecule has 0 aliphatic heterocycles. The fraction of sp³-hybridized carbons (Fsp3) is 0.400. The van der Waals surface area contributed by atoms with Gasteiger partial charge >= 0.3 is 0 Å². The zero-order chi connectivity index (χ0) is 9.68. The van der Waals surface area contributed by atoms with Gasteiger partial charge in [0.1, 0.15) is 0 Å². The maximum absolute atomic E-state index is 9.74. The highest BCUT2D eigenvalue weighted by Gasteiger charge is 2.14. The van der Waals surface area contributed by atoms with Gasteiger partial charge in [-0.25, -0.2) is 0 Å². The first-order valence-corrected chi connectivity index (χ1v) is 4.44. The molecule has 0 bridgehead atoms. The molecule has 72 valence electrons. The van der Waals surface area contributed by atoms with E-state index in [4.69, 9.17) is 11.5 Å². The summed E-state index contributed by atoms with van der Waals surface area (Å²) in [6, 6.07) is 9.13. The summed E-state index contributed by atoms with van der Waals surface area (Å²) in [6.07, 6.45) is 0.0283. The molecule has 5 N–H and O–H groups in total. The summed E-state index contributed by atoms with van der Waals surface area (Å²) in [6.45, 7) is 0.505. The molecule has 0 spiro atoms. The highest BCUT2D eigenvalue weighted by atomic mass is 16.3. The van der Waals surface area contributed by atoms with Gasteiger partial charge in [0, 0.05) is 6.04 Å². The molecule has 0 saturated carbocycles. The minimum absolute atomic E-state index is 0.271. The summed E-state index contributed by atoms with van der Waals surface area (Å²) in [5.74, 6) is 0. The Morgan fingerprint density at radius 2 is 1.85 bits per heavy atom. The van der Waals surface area contributed by atoms with Gasteiger partial charge in [-0.15, -0.1) is 0 Å².